The van der Waals surface area contributed by atoms with Gasteiger partial charge in [-0.1, -0.05) is 25.6 Å². The lowest BCUT2D eigenvalue weighted by atomic mass is 10.1. The zero-order chi connectivity index (χ0) is 28.8. The molecule has 4 bridgehead atoms. The van der Waals surface area contributed by atoms with Crippen LogP contribution < -0.4 is 10.6 Å². The van der Waals surface area contributed by atoms with Gasteiger partial charge in [0.15, 0.2) is 23.0 Å². The van der Waals surface area contributed by atoms with Crippen LogP contribution in [0, 0.1) is 5.82 Å². The van der Waals surface area contributed by atoms with Crippen molar-refractivity contribution in [3.8, 4) is 17.3 Å². The predicted molar refractivity (Wildman–Crippen MR) is 153 cm³/mol. The lowest BCUT2D eigenvalue weighted by Crippen LogP contribution is -2.54. The van der Waals surface area contributed by atoms with Crippen LogP contribution >= 0.6 is 11.8 Å². The highest BCUT2D eigenvalue weighted by Gasteiger charge is 2.31. The molecule has 1 atom stereocenters. The van der Waals surface area contributed by atoms with Crippen LogP contribution in [0.1, 0.15) is 44.6 Å². The maximum atomic E-state index is 15.8. The number of hydrogen-bond acceptors (Lipinski definition) is 10. The van der Waals surface area contributed by atoms with Crippen molar-refractivity contribution in [3.05, 3.63) is 58.8 Å². The molecule has 0 aliphatic carbocycles. The fourth-order valence-corrected chi connectivity index (χ4v) is 6.36. The number of aromatic nitrogens is 6. The summed E-state index contributed by atoms with van der Waals surface area (Å²) in [6.07, 6.45) is 4.32. The quantitative estimate of drug-likeness (QED) is 0.333. The summed E-state index contributed by atoms with van der Waals surface area (Å²) in [5, 5.41) is 4.37. The molecule has 212 valence electrons. The number of thioether (sulfide) groups is 1. The zero-order valence-electron chi connectivity index (χ0n) is 23.0. The van der Waals surface area contributed by atoms with Crippen LogP contribution in [0.15, 0.2) is 45.2 Å². The van der Waals surface area contributed by atoms with Gasteiger partial charge in [-0.05, 0) is 43.2 Å². The van der Waals surface area contributed by atoms with E-state index in [2.05, 4.69) is 31.7 Å². The van der Waals surface area contributed by atoms with Crippen molar-refractivity contribution in [3.63, 3.8) is 0 Å². The molecule has 0 radical (unpaired) electrons. The monoisotopic (exact) mass is 576 g/mol. The van der Waals surface area contributed by atoms with Gasteiger partial charge in [0.1, 0.15) is 5.82 Å². The Morgan fingerprint density at radius 1 is 1.27 bits per heavy atom. The molecule has 0 N–H and O–H groups in total. The van der Waals surface area contributed by atoms with Gasteiger partial charge in [-0.3, -0.25) is 9.78 Å². The van der Waals surface area contributed by atoms with E-state index in [1.165, 1.54) is 16.7 Å². The number of rotatable bonds is 3. The summed E-state index contributed by atoms with van der Waals surface area (Å²) in [6.45, 7) is 10.7. The zero-order valence-corrected chi connectivity index (χ0v) is 23.8. The normalized spacial score (nSPS) is 17.2. The second-order valence-corrected chi connectivity index (χ2v) is 11.6. The first-order valence-corrected chi connectivity index (χ1v) is 14.5. The number of halogens is 1. The molecule has 0 saturated carbocycles. The average molecular weight is 577 g/mol. The molecular formula is C28H29FN8O3S. The van der Waals surface area contributed by atoms with Gasteiger partial charge in [0.2, 0.25) is 5.91 Å². The molecule has 2 aliphatic rings. The molecule has 2 aliphatic heterocycles. The van der Waals surface area contributed by atoms with Gasteiger partial charge in [0, 0.05) is 43.2 Å². The average Bonchev–Trinajstić information content (AvgIpc) is 3.43. The number of nitrogens with zero attached hydrogens (tertiary/aromatic N) is 8. The highest BCUT2D eigenvalue weighted by Crippen LogP contribution is 2.36. The topological polar surface area (TPSA) is 123 Å². The maximum absolute atomic E-state index is 15.8. The van der Waals surface area contributed by atoms with E-state index in [9.17, 15) is 9.59 Å². The first-order valence-electron chi connectivity index (χ1n) is 13.5. The molecule has 6 heterocycles. The van der Waals surface area contributed by atoms with Gasteiger partial charge >= 0.3 is 5.69 Å². The number of piperazine rings is 1. The lowest BCUT2D eigenvalue weighted by Gasteiger charge is -2.40. The fourth-order valence-electron chi connectivity index (χ4n) is 5.36. The van der Waals surface area contributed by atoms with Crippen LogP contribution in [0.5, 0.6) is 0 Å². The van der Waals surface area contributed by atoms with Crippen molar-refractivity contribution in [1.82, 2.24) is 34.6 Å². The number of hydrogen-bond donors (Lipinski definition) is 0. The SMILES string of the molecule is C=CC(=O)N1CCN(c2nc(=O)n3c4nc(c(F)cc24)-c2nc(no2)CCCSc2ccnc(C(C)C)c2-3)[C@@H](C)C1. The molecule has 0 aromatic carbocycles. The number of fused-ring (bicyclic) bond motifs is 6. The second kappa shape index (κ2) is 10.7. The van der Waals surface area contributed by atoms with E-state index >= 15 is 4.39 Å². The van der Waals surface area contributed by atoms with Gasteiger partial charge in [-0.2, -0.15) is 9.97 Å². The molecule has 1 amide bonds. The summed E-state index contributed by atoms with van der Waals surface area (Å²) in [5.74, 6) is 0.590. The second-order valence-electron chi connectivity index (χ2n) is 10.4. The minimum atomic E-state index is -0.672. The van der Waals surface area contributed by atoms with E-state index in [4.69, 9.17) is 4.52 Å². The van der Waals surface area contributed by atoms with Crippen molar-refractivity contribution in [2.24, 2.45) is 0 Å². The Kier molecular flexibility index (Phi) is 7.06. The molecule has 13 heteroatoms. The van der Waals surface area contributed by atoms with E-state index in [-0.39, 0.29) is 35.1 Å². The van der Waals surface area contributed by atoms with Crippen molar-refractivity contribution in [2.75, 3.05) is 30.3 Å². The molecular weight excluding hydrogens is 547 g/mol. The summed E-state index contributed by atoms with van der Waals surface area (Å²) >= 11 is 1.60. The van der Waals surface area contributed by atoms with Gasteiger partial charge in [-0.25, -0.2) is 18.7 Å². The van der Waals surface area contributed by atoms with Crippen LogP contribution in [0.4, 0.5) is 10.2 Å². The molecule has 41 heavy (non-hydrogen) atoms. The smallest absolute Gasteiger partial charge is 0.350 e. The van der Waals surface area contributed by atoms with E-state index in [0.717, 1.165) is 17.1 Å². The maximum Gasteiger partial charge on any atom is 0.355 e. The van der Waals surface area contributed by atoms with E-state index < -0.39 is 11.5 Å². The Labute approximate surface area is 239 Å². The Balaban J connectivity index is 1.64. The molecule has 1 fully saturated rings. The van der Waals surface area contributed by atoms with Crippen molar-refractivity contribution in [1.29, 1.82) is 0 Å². The van der Waals surface area contributed by atoms with Crippen LogP contribution in [-0.2, 0) is 11.2 Å². The Morgan fingerprint density at radius 2 is 2.10 bits per heavy atom. The molecule has 4 aromatic rings. The first-order chi connectivity index (χ1) is 19.8. The third-order valence-electron chi connectivity index (χ3n) is 7.35. The van der Waals surface area contributed by atoms with Crippen molar-refractivity contribution >= 4 is 34.5 Å². The molecule has 4 aromatic heterocycles. The summed E-state index contributed by atoms with van der Waals surface area (Å²) in [6, 6.07) is 3.00. The third kappa shape index (κ3) is 4.77. The largest absolute Gasteiger partial charge is 0.355 e. The third-order valence-corrected chi connectivity index (χ3v) is 8.48. The van der Waals surface area contributed by atoms with Crippen molar-refractivity contribution in [2.45, 2.75) is 50.5 Å². The van der Waals surface area contributed by atoms with Crippen molar-refractivity contribution < 1.29 is 13.7 Å². The van der Waals surface area contributed by atoms with Gasteiger partial charge in [0.25, 0.3) is 5.89 Å². The minimum Gasteiger partial charge on any atom is -0.350 e. The summed E-state index contributed by atoms with van der Waals surface area (Å²) in [7, 11) is 0. The lowest BCUT2D eigenvalue weighted by molar-refractivity contribution is -0.126. The standard InChI is InChI=1S/C28H29FN8O3S/c1-5-21(38)35-10-11-36(16(4)14-35)25-17-13-18(29)23-27-31-20(34-40-27)7-6-12-41-19-8-9-30-22(15(2)3)24(19)37(26(17)32-23)28(39)33-25/h5,8-9,13,15-16H,1,6-7,10-12,14H2,2-4H3/t16-/m0/s1. The molecule has 1 saturated heterocycles. The number of carbonyl (C=O) groups is 1. The minimum absolute atomic E-state index is 0.0173. The summed E-state index contributed by atoms with van der Waals surface area (Å²) < 4.78 is 22.6. The Bertz CT molecular complexity index is 1740. The Hall–Kier alpha value is -4.13. The van der Waals surface area contributed by atoms with E-state index in [1.54, 1.807) is 22.9 Å². The summed E-state index contributed by atoms with van der Waals surface area (Å²) in [4.78, 5) is 49.0. The molecule has 11 nitrogen and oxygen atoms in total. The van der Waals surface area contributed by atoms with E-state index in [0.29, 0.717) is 54.5 Å². The highest BCUT2D eigenvalue weighted by atomic mass is 32.2. The number of anilines is 1. The fraction of sp³-hybridized carbons (Fsp3) is 0.393. The van der Waals surface area contributed by atoms with Gasteiger partial charge in [-0.15, -0.1) is 11.8 Å². The number of pyridine rings is 2. The number of carbonyl (C=O) groups excluding carboxylic acids is 1. The Morgan fingerprint density at radius 3 is 2.85 bits per heavy atom. The van der Waals surface area contributed by atoms with Gasteiger partial charge < -0.3 is 14.3 Å². The number of amides is 1. The van der Waals surface area contributed by atoms with Crippen LogP contribution in [0.2, 0.25) is 0 Å². The molecule has 0 spiro atoms. The summed E-state index contributed by atoms with van der Waals surface area (Å²) in [5.41, 5.74) is 0.807. The van der Waals surface area contributed by atoms with Crippen LogP contribution in [0.25, 0.3) is 28.3 Å². The number of aryl methyl sites for hydroxylation is 1. The van der Waals surface area contributed by atoms with Gasteiger partial charge in [0.05, 0.1) is 16.8 Å². The highest BCUT2D eigenvalue weighted by molar-refractivity contribution is 7.99. The molecule has 6 rings (SSSR count). The molecule has 0 unspecified atom stereocenters. The van der Waals surface area contributed by atoms with Crippen LogP contribution in [-0.4, -0.2) is 71.9 Å². The first kappa shape index (κ1) is 27.1. The van der Waals surface area contributed by atoms with E-state index in [1.807, 2.05) is 31.7 Å². The van der Waals surface area contributed by atoms with Crippen LogP contribution in [0.3, 0.4) is 0 Å². The predicted octanol–water partition coefficient (Wildman–Crippen LogP) is 3.75.